The van der Waals surface area contributed by atoms with Crippen LogP contribution >= 0.6 is 15.9 Å². The second kappa shape index (κ2) is 4.41. The van der Waals surface area contributed by atoms with E-state index in [2.05, 4.69) is 21.2 Å². The normalized spacial score (nSPS) is 14.1. The maximum Gasteiger partial charge on any atom is 0.165 e. The third kappa shape index (κ3) is 1.96. The summed E-state index contributed by atoms with van der Waals surface area (Å²) in [5.74, 6) is 1.72. The van der Waals surface area contributed by atoms with Crippen molar-refractivity contribution in [2.45, 2.75) is 13.5 Å². The van der Waals surface area contributed by atoms with Crippen molar-refractivity contribution in [2.75, 3.05) is 20.3 Å². The maximum atomic E-state index is 5.59. The molecule has 0 radical (unpaired) electrons. The molecule has 1 N–H and O–H groups in total. The molecule has 0 unspecified atom stereocenters. The standard InChI is InChI=1S/C11H14BrNO2/c1-7-10(12)8(6-13-2)5-9-11(7)15-4-3-14-9/h5,13H,3-4,6H2,1-2H3. The molecule has 0 amide bonds. The number of hydrogen-bond donors (Lipinski definition) is 1. The van der Waals surface area contributed by atoms with Crippen LogP contribution in [0.25, 0.3) is 0 Å². The van der Waals surface area contributed by atoms with E-state index < -0.39 is 0 Å². The summed E-state index contributed by atoms with van der Waals surface area (Å²) in [4.78, 5) is 0. The molecular weight excluding hydrogens is 258 g/mol. The van der Waals surface area contributed by atoms with Crippen molar-refractivity contribution in [1.82, 2.24) is 5.32 Å². The first kappa shape index (κ1) is 10.8. The predicted octanol–water partition coefficient (Wildman–Crippen LogP) is 2.25. The fourth-order valence-corrected chi connectivity index (χ4v) is 2.15. The Labute approximate surface area is 97.9 Å². The second-order valence-electron chi connectivity index (χ2n) is 3.53. The summed E-state index contributed by atoms with van der Waals surface area (Å²) in [5, 5.41) is 3.13. The lowest BCUT2D eigenvalue weighted by Crippen LogP contribution is -2.17. The van der Waals surface area contributed by atoms with Crippen LogP contribution in [-0.4, -0.2) is 20.3 Å². The van der Waals surface area contributed by atoms with Crippen LogP contribution in [0.4, 0.5) is 0 Å². The topological polar surface area (TPSA) is 30.5 Å². The van der Waals surface area contributed by atoms with Crippen molar-refractivity contribution in [2.24, 2.45) is 0 Å². The molecule has 0 aromatic heterocycles. The van der Waals surface area contributed by atoms with Gasteiger partial charge in [-0.2, -0.15) is 0 Å². The number of nitrogens with one attached hydrogen (secondary N) is 1. The van der Waals surface area contributed by atoms with E-state index in [1.165, 1.54) is 5.56 Å². The van der Waals surface area contributed by atoms with Crippen LogP contribution in [-0.2, 0) is 6.54 Å². The molecule has 4 heteroatoms. The van der Waals surface area contributed by atoms with Gasteiger partial charge >= 0.3 is 0 Å². The molecular formula is C11H14BrNO2. The van der Waals surface area contributed by atoms with Crippen molar-refractivity contribution in [3.05, 3.63) is 21.7 Å². The van der Waals surface area contributed by atoms with Crippen molar-refractivity contribution in [3.63, 3.8) is 0 Å². The molecule has 1 aliphatic heterocycles. The van der Waals surface area contributed by atoms with Gasteiger partial charge in [0.05, 0.1) is 0 Å². The van der Waals surface area contributed by atoms with Gasteiger partial charge in [-0.3, -0.25) is 0 Å². The van der Waals surface area contributed by atoms with E-state index in [1.807, 2.05) is 20.0 Å². The van der Waals surface area contributed by atoms with Gasteiger partial charge in [0, 0.05) is 16.6 Å². The molecule has 0 atom stereocenters. The van der Waals surface area contributed by atoms with Crippen molar-refractivity contribution in [3.8, 4) is 11.5 Å². The highest BCUT2D eigenvalue weighted by molar-refractivity contribution is 9.10. The molecule has 1 aliphatic rings. The average molecular weight is 272 g/mol. The van der Waals surface area contributed by atoms with E-state index in [4.69, 9.17) is 9.47 Å². The Kier molecular flexibility index (Phi) is 3.17. The third-order valence-electron chi connectivity index (χ3n) is 2.44. The molecule has 15 heavy (non-hydrogen) atoms. The Morgan fingerprint density at radius 2 is 2.13 bits per heavy atom. The predicted molar refractivity (Wildman–Crippen MR) is 62.6 cm³/mol. The van der Waals surface area contributed by atoms with E-state index in [1.54, 1.807) is 0 Å². The minimum atomic E-state index is 0.631. The highest BCUT2D eigenvalue weighted by Crippen LogP contribution is 2.39. The Bertz CT molecular complexity index is 379. The van der Waals surface area contributed by atoms with Gasteiger partial charge < -0.3 is 14.8 Å². The van der Waals surface area contributed by atoms with Crippen LogP contribution in [0.5, 0.6) is 11.5 Å². The lowest BCUT2D eigenvalue weighted by Gasteiger charge is -2.22. The smallest absolute Gasteiger partial charge is 0.165 e. The minimum Gasteiger partial charge on any atom is -0.486 e. The Hall–Kier alpha value is -0.740. The van der Waals surface area contributed by atoms with Gasteiger partial charge in [-0.15, -0.1) is 0 Å². The molecule has 2 rings (SSSR count). The zero-order valence-electron chi connectivity index (χ0n) is 8.89. The number of halogens is 1. The zero-order chi connectivity index (χ0) is 10.8. The van der Waals surface area contributed by atoms with E-state index in [0.29, 0.717) is 13.2 Å². The largest absolute Gasteiger partial charge is 0.486 e. The van der Waals surface area contributed by atoms with E-state index >= 15 is 0 Å². The minimum absolute atomic E-state index is 0.631. The molecule has 3 nitrogen and oxygen atoms in total. The summed E-state index contributed by atoms with van der Waals surface area (Å²) in [5.41, 5.74) is 2.30. The molecule has 0 aliphatic carbocycles. The fourth-order valence-electron chi connectivity index (χ4n) is 1.71. The van der Waals surface area contributed by atoms with Gasteiger partial charge in [0.15, 0.2) is 11.5 Å². The van der Waals surface area contributed by atoms with Crippen LogP contribution in [0.1, 0.15) is 11.1 Å². The molecule has 82 valence electrons. The molecule has 0 saturated carbocycles. The van der Waals surface area contributed by atoms with Crippen molar-refractivity contribution >= 4 is 15.9 Å². The summed E-state index contributed by atoms with van der Waals surface area (Å²) in [7, 11) is 1.93. The molecule has 1 aromatic rings. The lowest BCUT2D eigenvalue weighted by atomic mass is 10.1. The first-order chi connectivity index (χ1) is 7.24. The molecule has 0 fully saturated rings. The molecule has 0 saturated heterocycles. The monoisotopic (exact) mass is 271 g/mol. The summed E-state index contributed by atoms with van der Waals surface area (Å²) < 4.78 is 12.3. The quantitative estimate of drug-likeness (QED) is 0.895. The summed E-state index contributed by atoms with van der Waals surface area (Å²) in [6.45, 7) is 4.12. The van der Waals surface area contributed by atoms with Crippen LogP contribution in [0.3, 0.4) is 0 Å². The Morgan fingerprint density at radius 1 is 1.40 bits per heavy atom. The van der Waals surface area contributed by atoms with Crippen LogP contribution in [0.15, 0.2) is 10.5 Å². The van der Waals surface area contributed by atoms with Gasteiger partial charge in [0.1, 0.15) is 13.2 Å². The van der Waals surface area contributed by atoms with Gasteiger partial charge in [-0.05, 0) is 25.6 Å². The summed E-state index contributed by atoms with van der Waals surface area (Å²) in [6.07, 6.45) is 0. The number of benzene rings is 1. The highest BCUT2D eigenvalue weighted by Gasteiger charge is 2.18. The second-order valence-corrected chi connectivity index (χ2v) is 4.32. The van der Waals surface area contributed by atoms with Gasteiger partial charge in [-0.1, -0.05) is 15.9 Å². The van der Waals surface area contributed by atoms with Crippen molar-refractivity contribution < 1.29 is 9.47 Å². The van der Waals surface area contributed by atoms with Gasteiger partial charge in [0.2, 0.25) is 0 Å². The molecule has 1 heterocycles. The summed E-state index contributed by atoms with van der Waals surface area (Å²) >= 11 is 3.58. The number of rotatable bonds is 2. The Balaban J connectivity index is 2.47. The molecule has 0 spiro atoms. The van der Waals surface area contributed by atoms with Gasteiger partial charge in [0.25, 0.3) is 0 Å². The maximum absolute atomic E-state index is 5.59. The third-order valence-corrected chi connectivity index (χ3v) is 3.54. The molecule has 0 bridgehead atoms. The van der Waals surface area contributed by atoms with Crippen LogP contribution in [0.2, 0.25) is 0 Å². The lowest BCUT2D eigenvalue weighted by molar-refractivity contribution is 0.170. The Morgan fingerprint density at radius 3 is 2.87 bits per heavy atom. The average Bonchev–Trinajstić information content (AvgIpc) is 2.26. The molecule has 1 aromatic carbocycles. The van der Waals surface area contributed by atoms with Crippen molar-refractivity contribution in [1.29, 1.82) is 0 Å². The highest BCUT2D eigenvalue weighted by atomic mass is 79.9. The van der Waals surface area contributed by atoms with Gasteiger partial charge in [-0.25, -0.2) is 0 Å². The van der Waals surface area contributed by atoms with Crippen LogP contribution < -0.4 is 14.8 Å². The first-order valence-corrected chi connectivity index (χ1v) is 5.75. The zero-order valence-corrected chi connectivity index (χ0v) is 10.5. The number of ether oxygens (including phenoxy) is 2. The number of hydrogen-bond acceptors (Lipinski definition) is 3. The fraction of sp³-hybridized carbons (Fsp3) is 0.455. The van der Waals surface area contributed by atoms with E-state index in [9.17, 15) is 0 Å². The SMILES string of the molecule is CNCc1cc2c(c(C)c1Br)OCCO2. The van der Waals surface area contributed by atoms with Crippen LogP contribution in [0, 0.1) is 6.92 Å². The summed E-state index contributed by atoms with van der Waals surface area (Å²) in [6, 6.07) is 2.03. The number of fused-ring (bicyclic) bond motifs is 1. The first-order valence-electron chi connectivity index (χ1n) is 4.96. The van der Waals surface area contributed by atoms with E-state index in [-0.39, 0.29) is 0 Å². The van der Waals surface area contributed by atoms with E-state index in [0.717, 1.165) is 28.1 Å².